The molecule has 0 aromatic heterocycles. The van der Waals surface area contributed by atoms with Crippen LogP contribution in [0.5, 0.6) is 0 Å². The number of hydrogen-bond acceptors (Lipinski definition) is 1. The van der Waals surface area contributed by atoms with E-state index in [0.717, 1.165) is 6.54 Å². The van der Waals surface area contributed by atoms with E-state index in [4.69, 9.17) is 0 Å². The second kappa shape index (κ2) is 14.2. The van der Waals surface area contributed by atoms with Crippen molar-refractivity contribution in [2.45, 2.75) is 6.92 Å². The third-order valence-electron chi connectivity index (χ3n) is 13.0. The fraction of sp³-hybridized carbons (Fsp3) is 0.0333. The van der Waals surface area contributed by atoms with Gasteiger partial charge < -0.3 is 4.90 Å². The summed E-state index contributed by atoms with van der Waals surface area (Å²) in [6, 6.07) is 76.3. The van der Waals surface area contributed by atoms with Gasteiger partial charge >= 0.3 is 0 Å². The smallest absolute Gasteiger partial charge is 0.0496 e. The quantitative estimate of drug-likeness (QED) is 0.173. The Kier molecular flexibility index (Phi) is 8.21. The van der Waals surface area contributed by atoms with E-state index < -0.39 is 0 Å². The molecule has 61 heavy (non-hydrogen) atoms. The van der Waals surface area contributed by atoms with Gasteiger partial charge in [0, 0.05) is 29.0 Å². The van der Waals surface area contributed by atoms with Crippen molar-refractivity contribution >= 4 is 34.7 Å². The van der Waals surface area contributed by atoms with Crippen molar-refractivity contribution in [2.75, 3.05) is 11.4 Å². The van der Waals surface area contributed by atoms with Crippen LogP contribution >= 0.6 is 0 Å². The van der Waals surface area contributed by atoms with Crippen molar-refractivity contribution in [1.82, 2.24) is 0 Å². The summed E-state index contributed by atoms with van der Waals surface area (Å²) in [4.78, 5) is 2.53. The van der Waals surface area contributed by atoms with E-state index in [-0.39, 0.29) is 0 Å². The van der Waals surface area contributed by atoms with Crippen LogP contribution in [0.1, 0.15) is 40.3 Å². The molecule has 1 heteroatoms. The van der Waals surface area contributed by atoms with Crippen LogP contribution in [0, 0.1) is 0 Å². The second-order valence-electron chi connectivity index (χ2n) is 16.2. The molecule has 0 atom stereocenters. The Hall–Kier alpha value is -7.74. The fourth-order valence-electron chi connectivity index (χ4n) is 10.3. The minimum atomic E-state index is 0.815. The van der Waals surface area contributed by atoms with E-state index in [9.17, 15) is 0 Å². The summed E-state index contributed by atoms with van der Waals surface area (Å²) in [5.41, 5.74) is 27.4. The van der Waals surface area contributed by atoms with Gasteiger partial charge in [0.15, 0.2) is 0 Å². The Morgan fingerprint density at radius 2 is 0.508 bits per heavy atom. The number of benzene rings is 9. The van der Waals surface area contributed by atoms with Gasteiger partial charge in [-0.2, -0.15) is 0 Å². The third-order valence-corrected chi connectivity index (χ3v) is 13.0. The van der Waals surface area contributed by atoms with Crippen LogP contribution in [0.25, 0.3) is 90.1 Å². The standard InChI is InChI=1S/C60H41N/c1-2-61-59-37-39(35-57-51-27-13-7-21-45(51)41-17-3-4-18-42(41)46-22-8-14-28-52(46)57)31-33-55(59)49-25-11-12-26-50(49)56-34-32-40(38-60(56)61)36-58-53-29-15-9-23-47(53)43-19-5-6-20-44(43)48-24-10-16-30-54(48)58/h3-38H,2H2,1H3. The first-order valence-electron chi connectivity index (χ1n) is 21.4. The number of nitrogens with zero attached hydrogens (tertiary/aromatic N) is 1. The monoisotopic (exact) mass is 775 g/mol. The molecule has 0 amide bonds. The molecule has 0 bridgehead atoms. The zero-order valence-corrected chi connectivity index (χ0v) is 33.9. The topological polar surface area (TPSA) is 3.24 Å². The average molecular weight is 776 g/mol. The van der Waals surface area contributed by atoms with Gasteiger partial charge in [-0.25, -0.2) is 0 Å². The molecular formula is C60H41N. The number of anilines is 2. The lowest BCUT2D eigenvalue weighted by Crippen LogP contribution is -2.17. The van der Waals surface area contributed by atoms with Gasteiger partial charge in [-0.05, 0) is 131 Å². The van der Waals surface area contributed by atoms with Gasteiger partial charge in [-0.1, -0.05) is 194 Å². The van der Waals surface area contributed by atoms with E-state index in [0.29, 0.717) is 0 Å². The van der Waals surface area contributed by atoms with Gasteiger partial charge in [0.25, 0.3) is 0 Å². The predicted octanol–water partition coefficient (Wildman–Crippen LogP) is 16.0. The summed E-state index contributed by atoms with van der Waals surface area (Å²) in [6.07, 6.45) is 4.82. The Labute approximate surface area is 357 Å². The van der Waals surface area contributed by atoms with Gasteiger partial charge in [-0.3, -0.25) is 0 Å². The molecule has 9 aromatic carbocycles. The lowest BCUT2D eigenvalue weighted by Gasteiger charge is -2.26. The molecule has 0 fully saturated rings. The normalized spacial score (nSPS) is 12.6. The predicted molar refractivity (Wildman–Crippen MR) is 259 cm³/mol. The molecule has 0 saturated heterocycles. The Morgan fingerprint density at radius 3 is 0.770 bits per heavy atom. The van der Waals surface area contributed by atoms with E-state index in [1.54, 1.807) is 0 Å². The zero-order chi connectivity index (χ0) is 40.4. The van der Waals surface area contributed by atoms with E-state index in [1.807, 2.05) is 0 Å². The molecule has 1 aliphatic heterocycles. The lowest BCUT2D eigenvalue weighted by atomic mass is 9.90. The van der Waals surface area contributed by atoms with Crippen LogP contribution in [-0.2, 0) is 0 Å². The Bertz CT molecular complexity index is 2950. The highest BCUT2D eigenvalue weighted by Crippen LogP contribution is 2.51. The zero-order valence-electron chi connectivity index (χ0n) is 33.9. The first kappa shape index (κ1) is 35.2. The molecule has 0 saturated carbocycles. The van der Waals surface area contributed by atoms with Crippen LogP contribution in [-0.4, -0.2) is 6.54 Å². The van der Waals surface area contributed by atoms with E-state index in [2.05, 4.69) is 230 Å². The number of fused-ring (bicyclic) bond motifs is 15. The summed E-state index contributed by atoms with van der Waals surface area (Å²) in [6.45, 7) is 3.10. The van der Waals surface area contributed by atoms with Crippen LogP contribution in [0.3, 0.4) is 0 Å². The molecule has 9 aromatic rings. The highest BCUT2D eigenvalue weighted by molar-refractivity contribution is 6.09. The summed E-state index contributed by atoms with van der Waals surface area (Å²) >= 11 is 0. The van der Waals surface area contributed by atoms with E-state index in [1.165, 1.54) is 123 Å². The molecule has 0 unspecified atom stereocenters. The number of rotatable bonds is 3. The van der Waals surface area contributed by atoms with Crippen molar-refractivity contribution < 1.29 is 0 Å². The summed E-state index contributed by atoms with van der Waals surface area (Å²) in [7, 11) is 0. The number of hydrogen-bond donors (Lipinski definition) is 0. The first-order valence-corrected chi connectivity index (χ1v) is 21.4. The van der Waals surface area contributed by atoms with Gasteiger partial charge in [0.05, 0.1) is 0 Å². The molecule has 0 N–H and O–H groups in total. The Balaban J connectivity index is 1.05. The molecule has 0 radical (unpaired) electrons. The van der Waals surface area contributed by atoms with Gasteiger partial charge in [0.2, 0.25) is 0 Å². The maximum atomic E-state index is 2.53. The van der Waals surface area contributed by atoms with Gasteiger partial charge in [0.1, 0.15) is 0 Å². The fourth-order valence-corrected chi connectivity index (χ4v) is 10.3. The third kappa shape index (κ3) is 5.62. The molecule has 1 heterocycles. The lowest BCUT2D eigenvalue weighted by molar-refractivity contribution is 1.03. The molecule has 12 rings (SSSR count). The summed E-state index contributed by atoms with van der Waals surface area (Å²) in [5.74, 6) is 0. The second-order valence-corrected chi connectivity index (χ2v) is 16.2. The van der Waals surface area contributed by atoms with Crippen LogP contribution in [0.4, 0.5) is 11.4 Å². The molecule has 2 aliphatic carbocycles. The summed E-state index contributed by atoms with van der Waals surface area (Å²) in [5, 5.41) is 0. The summed E-state index contributed by atoms with van der Waals surface area (Å²) < 4.78 is 0. The minimum Gasteiger partial charge on any atom is -0.341 e. The van der Waals surface area contributed by atoms with Crippen molar-refractivity contribution in [2.24, 2.45) is 0 Å². The molecular weight excluding hydrogens is 735 g/mol. The molecule has 1 nitrogen and oxygen atoms in total. The largest absolute Gasteiger partial charge is 0.341 e. The first-order chi connectivity index (χ1) is 30.2. The van der Waals surface area contributed by atoms with Crippen LogP contribution in [0.2, 0.25) is 0 Å². The SMILES string of the molecule is CCN1c2cc(C=C3c4ccccc4-c4ccccc4-c4ccccc43)ccc2-c2ccccc2-c2ccc(C=C3c4ccccc4-c4ccccc4-c4ccccc43)cc21. The molecule has 3 aliphatic rings. The molecule has 286 valence electrons. The van der Waals surface area contributed by atoms with Crippen LogP contribution < -0.4 is 4.90 Å². The molecule has 0 spiro atoms. The van der Waals surface area contributed by atoms with Crippen LogP contribution in [0.15, 0.2) is 206 Å². The highest BCUT2D eigenvalue weighted by atomic mass is 15.1. The van der Waals surface area contributed by atoms with Crippen molar-refractivity contribution in [3.05, 3.63) is 240 Å². The van der Waals surface area contributed by atoms with Crippen molar-refractivity contribution in [1.29, 1.82) is 0 Å². The Morgan fingerprint density at radius 1 is 0.279 bits per heavy atom. The average Bonchev–Trinajstić information content (AvgIpc) is 3.58. The maximum absolute atomic E-state index is 2.53. The van der Waals surface area contributed by atoms with E-state index >= 15 is 0 Å². The van der Waals surface area contributed by atoms with Crippen molar-refractivity contribution in [3.8, 4) is 66.8 Å². The highest BCUT2D eigenvalue weighted by Gasteiger charge is 2.27. The van der Waals surface area contributed by atoms with Crippen molar-refractivity contribution in [3.63, 3.8) is 0 Å². The minimum absolute atomic E-state index is 0.815. The maximum Gasteiger partial charge on any atom is 0.0496 e. The van der Waals surface area contributed by atoms with Gasteiger partial charge in [-0.15, -0.1) is 0 Å².